The zero-order valence-corrected chi connectivity index (χ0v) is 20.3. The van der Waals surface area contributed by atoms with Crippen molar-refractivity contribution in [3.8, 4) is 6.07 Å². The molecule has 3 fully saturated rings. The number of pyridine rings is 1. The van der Waals surface area contributed by atoms with E-state index in [-0.39, 0.29) is 41.3 Å². The van der Waals surface area contributed by atoms with Crippen molar-refractivity contribution in [1.29, 1.82) is 5.26 Å². The van der Waals surface area contributed by atoms with E-state index in [1.54, 1.807) is 11.0 Å². The third-order valence-corrected chi connectivity index (χ3v) is 8.96. The zero-order chi connectivity index (χ0) is 25.4. The molecule has 10 heteroatoms. The van der Waals surface area contributed by atoms with E-state index >= 15 is 0 Å². The van der Waals surface area contributed by atoms with Gasteiger partial charge in [-0.2, -0.15) is 5.26 Å². The lowest BCUT2D eigenvalue weighted by molar-refractivity contribution is -0.131. The number of piperazine rings is 1. The van der Waals surface area contributed by atoms with E-state index in [1.165, 1.54) is 31.3 Å². The molecule has 2 aliphatic heterocycles. The Hall–Kier alpha value is -3.06. The van der Waals surface area contributed by atoms with Crippen LogP contribution < -0.4 is 4.90 Å². The number of amides is 1. The summed E-state index contributed by atoms with van der Waals surface area (Å²) in [5.74, 6) is -3.94. The molecule has 7 nitrogen and oxygen atoms in total. The van der Waals surface area contributed by atoms with Crippen molar-refractivity contribution in [2.45, 2.75) is 50.6 Å². The van der Waals surface area contributed by atoms with Crippen LogP contribution in [-0.4, -0.2) is 61.1 Å². The lowest BCUT2D eigenvalue weighted by Crippen LogP contribution is -2.55. The number of alkyl halides is 2. The number of nitrogens with zero attached hydrogens (tertiary/aromatic N) is 4. The normalized spacial score (nSPS) is 25.8. The molecule has 35 heavy (non-hydrogen) atoms. The molecule has 3 aliphatic rings. The average Bonchev–Trinajstić information content (AvgIpc) is 3.39. The fraction of sp³-hybridized carbons (Fsp3) is 0.480. The summed E-state index contributed by atoms with van der Waals surface area (Å²) in [6, 6.07) is 5.73. The van der Waals surface area contributed by atoms with Gasteiger partial charge in [0, 0.05) is 49.1 Å². The Morgan fingerprint density at radius 1 is 1.31 bits per heavy atom. The lowest BCUT2D eigenvalue weighted by Gasteiger charge is -2.41. The number of carbonyl (C=O) groups is 1. The van der Waals surface area contributed by atoms with Crippen molar-refractivity contribution >= 4 is 21.6 Å². The minimum Gasteiger partial charge on any atom is -0.347 e. The number of anilines is 1. The maximum atomic E-state index is 13.7. The number of allylic oxidation sites excluding steroid dienone is 5. The number of halogens is 2. The van der Waals surface area contributed by atoms with Crippen molar-refractivity contribution in [3.05, 3.63) is 59.2 Å². The highest BCUT2D eigenvalue weighted by atomic mass is 32.2. The van der Waals surface area contributed by atoms with Crippen LogP contribution in [0.5, 0.6) is 0 Å². The summed E-state index contributed by atoms with van der Waals surface area (Å²) in [6.07, 6.45) is 6.97. The molecular formula is C25H28F2N4O3S. The SMILES string of the molecule is C=C/C=C\C(=C(/C)S(=O)(=O)CCC(=O)N1CC2CCC(C1)N2c1ccc(C#N)cn1)[C@@H]1CC1(F)F. The van der Waals surface area contributed by atoms with E-state index in [0.29, 0.717) is 18.7 Å². The minimum atomic E-state index is -3.88. The highest BCUT2D eigenvalue weighted by Gasteiger charge is 2.58. The van der Waals surface area contributed by atoms with Crippen LogP contribution in [-0.2, 0) is 14.6 Å². The topological polar surface area (TPSA) is 94.4 Å². The van der Waals surface area contributed by atoms with Gasteiger partial charge in [-0.15, -0.1) is 0 Å². The van der Waals surface area contributed by atoms with Crippen LogP contribution >= 0.6 is 0 Å². The number of fused-ring (bicyclic) bond motifs is 2. The van der Waals surface area contributed by atoms with Crippen LogP contribution in [0.15, 0.2) is 53.6 Å². The number of nitriles is 1. The van der Waals surface area contributed by atoms with Gasteiger partial charge in [-0.05, 0) is 37.5 Å². The molecular weight excluding hydrogens is 474 g/mol. The first-order valence-electron chi connectivity index (χ1n) is 11.6. The summed E-state index contributed by atoms with van der Waals surface area (Å²) < 4.78 is 53.2. The van der Waals surface area contributed by atoms with Crippen LogP contribution in [0.4, 0.5) is 14.6 Å². The van der Waals surface area contributed by atoms with Gasteiger partial charge in [-0.1, -0.05) is 24.8 Å². The second kappa shape index (κ2) is 9.53. The molecule has 0 radical (unpaired) electrons. The van der Waals surface area contributed by atoms with E-state index < -0.39 is 27.4 Å². The highest BCUT2D eigenvalue weighted by Crippen LogP contribution is 2.54. The van der Waals surface area contributed by atoms with Crippen LogP contribution in [0.2, 0.25) is 0 Å². The van der Waals surface area contributed by atoms with Gasteiger partial charge in [0.15, 0.2) is 9.84 Å². The maximum Gasteiger partial charge on any atom is 0.255 e. The van der Waals surface area contributed by atoms with Gasteiger partial charge in [0.25, 0.3) is 5.92 Å². The number of sulfone groups is 1. The van der Waals surface area contributed by atoms with Gasteiger partial charge in [0.2, 0.25) is 5.91 Å². The van der Waals surface area contributed by atoms with Crippen LogP contribution in [0, 0.1) is 17.2 Å². The largest absolute Gasteiger partial charge is 0.347 e. The standard InChI is InChI=1S/C25H28F2N4O3S/c1-3-4-5-21(22-12-25(22,26)27)17(2)35(33,34)11-10-24(32)30-15-19-7-8-20(16-30)31(19)23-9-6-18(13-28)14-29-23/h3-6,9,14,19-20,22H,1,7-8,10-12,15-16H2,2H3/b5-4-,21-17-/t19?,20?,22-/m0/s1. The summed E-state index contributed by atoms with van der Waals surface area (Å²) in [6.45, 7) is 5.78. The van der Waals surface area contributed by atoms with Gasteiger partial charge in [-0.25, -0.2) is 22.2 Å². The van der Waals surface area contributed by atoms with Crippen molar-refractivity contribution in [2.75, 3.05) is 23.7 Å². The number of likely N-dealkylation sites (tertiary alicyclic amines) is 1. The quantitative estimate of drug-likeness (QED) is 0.504. The monoisotopic (exact) mass is 502 g/mol. The molecule has 1 amide bonds. The zero-order valence-electron chi connectivity index (χ0n) is 19.5. The second-order valence-corrected chi connectivity index (χ2v) is 11.6. The Bertz CT molecular complexity index is 1200. The van der Waals surface area contributed by atoms with Gasteiger partial charge in [0.1, 0.15) is 11.9 Å². The molecule has 0 spiro atoms. The Labute approximate surface area is 204 Å². The maximum absolute atomic E-state index is 13.7. The van der Waals surface area contributed by atoms with Crippen molar-refractivity contribution in [2.24, 2.45) is 5.92 Å². The summed E-state index contributed by atoms with van der Waals surface area (Å²) in [5, 5.41) is 8.98. The van der Waals surface area contributed by atoms with Crippen molar-refractivity contribution in [1.82, 2.24) is 9.88 Å². The van der Waals surface area contributed by atoms with Crippen molar-refractivity contribution in [3.63, 3.8) is 0 Å². The first-order chi connectivity index (χ1) is 16.6. The van der Waals surface area contributed by atoms with E-state index in [9.17, 15) is 22.0 Å². The van der Waals surface area contributed by atoms with E-state index in [2.05, 4.69) is 22.5 Å². The molecule has 1 aliphatic carbocycles. The van der Waals surface area contributed by atoms with E-state index in [1.807, 2.05) is 6.07 Å². The fourth-order valence-corrected chi connectivity index (χ4v) is 6.32. The van der Waals surface area contributed by atoms with Crippen LogP contribution in [0.1, 0.15) is 38.2 Å². The van der Waals surface area contributed by atoms with Gasteiger partial charge in [0.05, 0.1) is 17.2 Å². The predicted octanol–water partition coefficient (Wildman–Crippen LogP) is 3.61. The first kappa shape index (κ1) is 25.0. The molecule has 1 saturated carbocycles. The summed E-state index contributed by atoms with van der Waals surface area (Å²) in [7, 11) is -3.88. The Balaban J connectivity index is 1.41. The molecule has 3 atom stereocenters. The Kier molecular flexibility index (Phi) is 6.82. The molecule has 0 aromatic carbocycles. The summed E-state index contributed by atoms with van der Waals surface area (Å²) in [4.78, 5) is 21.1. The summed E-state index contributed by atoms with van der Waals surface area (Å²) in [5.41, 5.74) is 0.568. The van der Waals surface area contributed by atoms with E-state index in [4.69, 9.17) is 5.26 Å². The van der Waals surface area contributed by atoms with Gasteiger partial charge in [-0.3, -0.25) is 4.79 Å². The molecule has 3 heterocycles. The Morgan fingerprint density at radius 3 is 2.49 bits per heavy atom. The number of aromatic nitrogens is 1. The van der Waals surface area contributed by atoms with Gasteiger partial charge < -0.3 is 9.80 Å². The molecule has 2 unspecified atom stereocenters. The molecule has 4 rings (SSSR count). The second-order valence-electron chi connectivity index (χ2n) is 9.30. The number of hydrogen-bond acceptors (Lipinski definition) is 6. The smallest absolute Gasteiger partial charge is 0.255 e. The average molecular weight is 503 g/mol. The third-order valence-electron chi connectivity index (χ3n) is 7.05. The molecule has 2 saturated heterocycles. The third kappa shape index (κ3) is 5.15. The van der Waals surface area contributed by atoms with Gasteiger partial charge >= 0.3 is 0 Å². The lowest BCUT2D eigenvalue weighted by atomic mass is 10.1. The molecule has 0 N–H and O–H groups in total. The minimum absolute atomic E-state index is 0.0733. The van der Waals surface area contributed by atoms with Crippen molar-refractivity contribution < 1.29 is 22.0 Å². The number of carbonyl (C=O) groups excluding carboxylic acids is 1. The molecule has 186 valence electrons. The van der Waals surface area contributed by atoms with E-state index in [0.717, 1.165) is 18.7 Å². The summed E-state index contributed by atoms with van der Waals surface area (Å²) >= 11 is 0. The number of rotatable bonds is 8. The molecule has 1 aromatic heterocycles. The highest BCUT2D eigenvalue weighted by molar-refractivity contribution is 7.95. The number of hydrogen-bond donors (Lipinski definition) is 0. The molecule has 1 aromatic rings. The van der Waals surface area contributed by atoms with Crippen LogP contribution in [0.25, 0.3) is 0 Å². The fourth-order valence-electron chi connectivity index (χ4n) is 5.00. The first-order valence-corrected chi connectivity index (χ1v) is 13.3. The predicted molar refractivity (Wildman–Crippen MR) is 128 cm³/mol. The Morgan fingerprint density at radius 2 is 1.97 bits per heavy atom. The van der Waals surface area contributed by atoms with Crippen LogP contribution in [0.3, 0.4) is 0 Å². The molecule has 2 bridgehead atoms.